The Labute approximate surface area is 167 Å². The Hall–Kier alpha value is -2.43. The number of hydrogen-bond acceptors (Lipinski definition) is 9. The average molecular weight is 406 g/mol. The molecule has 10 nitrogen and oxygen atoms in total. The molecule has 1 aliphatic carbocycles. The molecular formula is C19H26N4O6. The molecule has 0 aromatic carbocycles. The highest BCUT2D eigenvalue weighted by atomic mass is 16.7. The molecule has 0 amide bonds. The lowest BCUT2D eigenvalue weighted by molar-refractivity contribution is -0.109. The van der Waals surface area contributed by atoms with Gasteiger partial charge >= 0.3 is 6.16 Å². The van der Waals surface area contributed by atoms with Crippen LogP contribution in [0.15, 0.2) is 18.5 Å². The van der Waals surface area contributed by atoms with Crippen LogP contribution >= 0.6 is 0 Å². The zero-order chi connectivity index (χ0) is 20.6. The number of nitrogens with two attached hydrogens (primary N) is 1. The van der Waals surface area contributed by atoms with E-state index in [0.29, 0.717) is 23.7 Å². The fourth-order valence-corrected chi connectivity index (χ4v) is 4.11. The Kier molecular flexibility index (Phi) is 5.32. The molecule has 29 heavy (non-hydrogen) atoms. The maximum Gasteiger partial charge on any atom is 0.508 e. The van der Waals surface area contributed by atoms with Gasteiger partial charge in [-0.15, -0.1) is 0 Å². The monoisotopic (exact) mass is 406 g/mol. The van der Waals surface area contributed by atoms with E-state index in [0.717, 1.165) is 25.7 Å². The van der Waals surface area contributed by atoms with Gasteiger partial charge in [-0.1, -0.05) is 12.8 Å². The molecule has 0 unspecified atom stereocenters. The molecule has 4 N–H and O–H groups in total. The largest absolute Gasteiger partial charge is 0.508 e. The van der Waals surface area contributed by atoms with Crippen LogP contribution in [0.2, 0.25) is 0 Å². The third kappa shape index (κ3) is 3.75. The second kappa shape index (κ2) is 7.77. The minimum absolute atomic E-state index is 0.258. The smallest absolute Gasteiger partial charge is 0.434 e. The Bertz CT molecular complexity index is 883. The number of anilines is 1. The summed E-state index contributed by atoms with van der Waals surface area (Å²) in [7, 11) is 0. The minimum atomic E-state index is -1.31. The van der Waals surface area contributed by atoms with Crippen molar-refractivity contribution in [1.82, 2.24) is 14.6 Å². The lowest BCUT2D eigenvalue weighted by Crippen LogP contribution is -2.44. The van der Waals surface area contributed by atoms with Crippen molar-refractivity contribution in [3.8, 4) is 0 Å². The van der Waals surface area contributed by atoms with Crippen molar-refractivity contribution >= 4 is 17.5 Å². The lowest BCUT2D eigenvalue weighted by atomic mass is 9.97. The minimum Gasteiger partial charge on any atom is -0.434 e. The van der Waals surface area contributed by atoms with Gasteiger partial charge in [-0.3, -0.25) is 0 Å². The molecule has 2 fully saturated rings. The lowest BCUT2D eigenvalue weighted by Gasteiger charge is -2.26. The third-order valence-electron chi connectivity index (χ3n) is 5.85. The molecule has 1 aliphatic heterocycles. The van der Waals surface area contributed by atoms with E-state index >= 15 is 0 Å². The van der Waals surface area contributed by atoms with Gasteiger partial charge in [-0.05, 0) is 37.8 Å². The quantitative estimate of drug-likeness (QED) is 0.625. The Morgan fingerprint density at radius 3 is 2.86 bits per heavy atom. The van der Waals surface area contributed by atoms with Crippen molar-refractivity contribution in [3.63, 3.8) is 0 Å². The number of nitrogens with zero attached hydrogens (tertiary/aromatic N) is 3. The van der Waals surface area contributed by atoms with Gasteiger partial charge < -0.3 is 30.2 Å². The maximum atomic E-state index is 11.9. The fourth-order valence-electron chi connectivity index (χ4n) is 4.11. The molecule has 0 spiro atoms. The predicted molar refractivity (Wildman–Crippen MR) is 101 cm³/mol. The van der Waals surface area contributed by atoms with Crippen molar-refractivity contribution < 1.29 is 29.2 Å². The zero-order valence-electron chi connectivity index (χ0n) is 16.2. The molecule has 2 aromatic rings. The fraction of sp³-hybridized carbons (Fsp3) is 0.632. The van der Waals surface area contributed by atoms with Crippen LogP contribution in [0.25, 0.3) is 5.52 Å². The third-order valence-corrected chi connectivity index (χ3v) is 5.85. The summed E-state index contributed by atoms with van der Waals surface area (Å²) in [6.07, 6.45) is 1.51. The van der Waals surface area contributed by atoms with Gasteiger partial charge in [0.2, 0.25) is 0 Å². The molecule has 0 radical (unpaired) electrons. The van der Waals surface area contributed by atoms with Crippen molar-refractivity contribution in [3.05, 3.63) is 24.2 Å². The molecule has 3 heterocycles. The van der Waals surface area contributed by atoms with E-state index in [1.165, 1.54) is 10.8 Å². The average Bonchev–Trinajstić information content (AvgIpc) is 3.42. The van der Waals surface area contributed by atoms with E-state index < -0.39 is 30.1 Å². The maximum absolute atomic E-state index is 11.9. The number of rotatable bonds is 5. The number of fused-ring (bicyclic) bond motifs is 1. The Balaban J connectivity index is 1.41. The van der Waals surface area contributed by atoms with Gasteiger partial charge in [0.25, 0.3) is 0 Å². The summed E-state index contributed by atoms with van der Waals surface area (Å²) in [6.45, 7) is 1.65. The highest BCUT2D eigenvalue weighted by Crippen LogP contribution is 2.40. The number of aliphatic hydroxyl groups excluding tert-OH is 2. The van der Waals surface area contributed by atoms with Gasteiger partial charge in [-0.25, -0.2) is 14.3 Å². The summed E-state index contributed by atoms with van der Waals surface area (Å²) in [5.41, 5.74) is 5.61. The summed E-state index contributed by atoms with van der Waals surface area (Å²) in [6, 6.07) is 3.41. The van der Waals surface area contributed by atoms with E-state index in [1.807, 2.05) is 0 Å². The summed E-state index contributed by atoms with van der Waals surface area (Å²) >= 11 is 0. The number of hydrogen-bond donors (Lipinski definition) is 3. The van der Waals surface area contributed by atoms with Gasteiger partial charge in [0.15, 0.2) is 5.82 Å². The van der Waals surface area contributed by atoms with Crippen LogP contribution in [-0.2, 0) is 14.2 Å². The van der Waals surface area contributed by atoms with Crippen LogP contribution in [-0.4, -0.2) is 62.0 Å². The zero-order valence-corrected chi connectivity index (χ0v) is 16.2. The van der Waals surface area contributed by atoms with Crippen LogP contribution in [0.5, 0.6) is 0 Å². The van der Waals surface area contributed by atoms with E-state index in [-0.39, 0.29) is 12.4 Å². The normalized spacial score (nSPS) is 30.1. The summed E-state index contributed by atoms with van der Waals surface area (Å²) in [5, 5.41) is 25.3. The Morgan fingerprint density at radius 1 is 1.34 bits per heavy atom. The molecule has 158 valence electrons. The first kappa shape index (κ1) is 19.9. The number of carbonyl (C=O) groups excluding carboxylic acids is 1. The van der Waals surface area contributed by atoms with E-state index in [1.54, 1.807) is 19.1 Å². The molecule has 1 saturated carbocycles. The molecule has 10 heteroatoms. The van der Waals surface area contributed by atoms with Crippen molar-refractivity contribution in [2.45, 2.75) is 56.5 Å². The van der Waals surface area contributed by atoms with Gasteiger partial charge in [0.05, 0.1) is 12.3 Å². The van der Waals surface area contributed by atoms with E-state index in [4.69, 9.17) is 19.9 Å². The first-order chi connectivity index (χ1) is 13.9. The van der Waals surface area contributed by atoms with Gasteiger partial charge in [0, 0.05) is 0 Å². The molecule has 2 aromatic heterocycles. The van der Waals surface area contributed by atoms with Crippen molar-refractivity contribution in [2.24, 2.45) is 5.92 Å². The first-order valence-electron chi connectivity index (χ1n) is 9.80. The second-order valence-corrected chi connectivity index (χ2v) is 7.99. The van der Waals surface area contributed by atoms with Crippen molar-refractivity contribution in [2.75, 3.05) is 18.9 Å². The predicted octanol–water partition coefficient (Wildman–Crippen LogP) is 1.21. The first-order valence-corrected chi connectivity index (χ1v) is 9.80. The van der Waals surface area contributed by atoms with E-state index in [2.05, 4.69) is 10.1 Å². The van der Waals surface area contributed by atoms with E-state index in [9.17, 15) is 15.0 Å². The molecule has 4 rings (SSSR count). The number of aromatic nitrogens is 3. The second-order valence-electron chi connectivity index (χ2n) is 7.99. The van der Waals surface area contributed by atoms with Crippen LogP contribution < -0.4 is 5.73 Å². The molecule has 4 atom stereocenters. The molecule has 2 aliphatic rings. The van der Waals surface area contributed by atoms with Crippen LogP contribution in [0.4, 0.5) is 10.6 Å². The highest BCUT2D eigenvalue weighted by Gasteiger charge is 2.53. The SMILES string of the molecule is C[C@]1(COC(=O)OCC2CCCC2)O[C@@H](c2ccc3c(N)ncnn23)[C@H](O)[C@@H]1O. The summed E-state index contributed by atoms with van der Waals surface area (Å²) in [4.78, 5) is 15.9. The molecule has 1 saturated heterocycles. The van der Waals surface area contributed by atoms with Crippen LogP contribution in [0, 0.1) is 5.92 Å². The molecular weight excluding hydrogens is 380 g/mol. The number of aliphatic hydroxyl groups is 2. The highest BCUT2D eigenvalue weighted by molar-refractivity contribution is 5.65. The number of ether oxygens (including phenoxy) is 3. The topological polar surface area (TPSA) is 141 Å². The number of carbonyl (C=O) groups is 1. The number of nitrogen functional groups attached to an aromatic ring is 1. The Morgan fingerprint density at radius 2 is 2.10 bits per heavy atom. The molecule has 0 bridgehead atoms. The van der Waals surface area contributed by atoms with Gasteiger partial charge in [-0.2, -0.15) is 5.10 Å². The standard InChI is InChI=1S/C19H26N4O6/c1-19(9-28-18(26)27-8-11-4-2-3-5-11)16(25)14(24)15(29-19)12-6-7-13-17(20)21-10-22-23(12)13/h6-7,10-11,14-16,24-25H,2-5,8-9H2,1H3,(H2,20,21,22)/t14-,15-,16-,19+/m0/s1. The van der Waals surface area contributed by atoms with Gasteiger partial charge in [0.1, 0.15) is 42.4 Å². The van der Waals surface area contributed by atoms with Crippen LogP contribution in [0.1, 0.15) is 44.4 Å². The van der Waals surface area contributed by atoms with Crippen LogP contribution in [0.3, 0.4) is 0 Å². The van der Waals surface area contributed by atoms with Crippen molar-refractivity contribution in [1.29, 1.82) is 0 Å². The summed E-state index contributed by atoms with van der Waals surface area (Å²) in [5.74, 6) is 0.671. The summed E-state index contributed by atoms with van der Waals surface area (Å²) < 4.78 is 17.8.